The molecule has 0 aromatic heterocycles. The Kier molecular flexibility index (Phi) is 12.2. The van der Waals surface area contributed by atoms with Crippen molar-refractivity contribution >= 4 is 0 Å². The predicted molar refractivity (Wildman–Crippen MR) is 93.5 cm³/mol. The van der Waals surface area contributed by atoms with Crippen molar-refractivity contribution in [2.24, 2.45) is 5.41 Å². The molecule has 0 aromatic carbocycles. The summed E-state index contributed by atoms with van der Waals surface area (Å²) < 4.78 is 16.8. The number of ether oxygens (including phenoxy) is 3. The summed E-state index contributed by atoms with van der Waals surface area (Å²) in [5, 5.41) is 3.45. The van der Waals surface area contributed by atoms with E-state index in [-0.39, 0.29) is 5.60 Å². The Bertz CT molecular complexity index is 218. The van der Waals surface area contributed by atoms with Crippen LogP contribution in [0.25, 0.3) is 0 Å². The third kappa shape index (κ3) is 19.8. The Hall–Kier alpha value is -0.160. The van der Waals surface area contributed by atoms with Gasteiger partial charge in [0.1, 0.15) is 0 Å². The van der Waals surface area contributed by atoms with Crippen LogP contribution in [0.1, 0.15) is 60.8 Å². The molecule has 0 saturated carbocycles. The maximum Gasteiger partial charge on any atom is 0.0598 e. The first-order valence-electron chi connectivity index (χ1n) is 8.71. The highest BCUT2D eigenvalue weighted by molar-refractivity contribution is 4.64. The van der Waals surface area contributed by atoms with Crippen LogP contribution in [0.5, 0.6) is 0 Å². The lowest BCUT2D eigenvalue weighted by Crippen LogP contribution is -2.28. The minimum atomic E-state index is -0.0461. The van der Waals surface area contributed by atoms with E-state index >= 15 is 0 Å². The summed E-state index contributed by atoms with van der Waals surface area (Å²) in [6.07, 6.45) is 2.99. The zero-order valence-electron chi connectivity index (χ0n) is 15.8. The molecular formula is C18H39NO3. The molecule has 0 rings (SSSR count). The summed E-state index contributed by atoms with van der Waals surface area (Å²) in [6.45, 7) is 19.0. The maximum atomic E-state index is 5.63. The zero-order chi connectivity index (χ0) is 16.9. The van der Waals surface area contributed by atoms with E-state index in [1.807, 2.05) is 0 Å². The lowest BCUT2D eigenvalue weighted by atomic mass is 9.97. The van der Waals surface area contributed by atoms with Gasteiger partial charge in [0.25, 0.3) is 0 Å². The van der Waals surface area contributed by atoms with Crippen LogP contribution in [0.4, 0.5) is 0 Å². The van der Waals surface area contributed by atoms with Crippen molar-refractivity contribution in [1.82, 2.24) is 5.32 Å². The molecule has 0 fully saturated rings. The van der Waals surface area contributed by atoms with E-state index in [1.54, 1.807) is 0 Å². The maximum absolute atomic E-state index is 5.63. The molecule has 0 aliphatic carbocycles. The van der Waals surface area contributed by atoms with Gasteiger partial charge in [0, 0.05) is 33.0 Å². The van der Waals surface area contributed by atoms with Gasteiger partial charge in [-0.3, -0.25) is 0 Å². The molecule has 0 spiro atoms. The molecule has 22 heavy (non-hydrogen) atoms. The van der Waals surface area contributed by atoms with Crippen molar-refractivity contribution in [2.45, 2.75) is 66.4 Å². The first-order chi connectivity index (χ1) is 10.2. The molecule has 134 valence electrons. The fourth-order valence-electron chi connectivity index (χ4n) is 1.77. The molecule has 4 nitrogen and oxygen atoms in total. The average molecular weight is 318 g/mol. The second kappa shape index (κ2) is 12.3. The lowest BCUT2D eigenvalue weighted by Gasteiger charge is -2.19. The summed E-state index contributed by atoms with van der Waals surface area (Å²) in [5.74, 6) is 0. The molecule has 0 aliphatic rings. The molecule has 0 aromatic rings. The van der Waals surface area contributed by atoms with E-state index < -0.39 is 0 Å². The van der Waals surface area contributed by atoms with Crippen molar-refractivity contribution in [2.75, 3.05) is 46.1 Å². The van der Waals surface area contributed by atoms with Gasteiger partial charge in [-0.2, -0.15) is 0 Å². The normalized spacial score (nSPS) is 12.8. The van der Waals surface area contributed by atoms with Crippen LogP contribution in [-0.4, -0.2) is 51.7 Å². The van der Waals surface area contributed by atoms with E-state index in [0.29, 0.717) is 5.41 Å². The topological polar surface area (TPSA) is 39.7 Å². The molecule has 0 bridgehead atoms. The molecule has 0 amide bonds. The van der Waals surface area contributed by atoms with E-state index in [4.69, 9.17) is 14.2 Å². The van der Waals surface area contributed by atoms with Crippen LogP contribution < -0.4 is 5.32 Å². The molecule has 0 unspecified atom stereocenters. The molecule has 4 heteroatoms. The largest absolute Gasteiger partial charge is 0.381 e. The minimum Gasteiger partial charge on any atom is -0.381 e. The highest BCUT2D eigenvalue weighted by Crippen LogP contribution is 2.10. The number of hydrogen-bond acceptors (Lipinski definition) is 4. The lowest BCUT2D eigenvalue weighted by molar-refractivity contribution is -0.0149. The zero-order valence-corrected chi connectivity index (χ0v) is 15.8. The highest BCUT2D eigenvalue weighted by atomic mass is 16.5. The van der Waals surface area contributed by atoms with Gasteiger partial charge in [-0.25, -0.2) is 0 Å². The van der Waals surface area contributed by atoms with Crippen LogP contribution in [0.3, 0.4) is 0 Å². The van der Waals surface area contributed by atoms with Gasteiger partial charge in [-0.1, -0.05) is 20.8 Å². The number of hydrogen-bond donors (Lipinski definition) is 1. The second-order valence-electron chi connectivity index (χ2n) is 7.98. The molecule has 1 N–H and O–H groups in total. The average Bonchev–Trinajstić information content (AvgIpc) is 2.36. The Morgan fingerprint density at radius 1 is 0.682 bits per heavy atom. The summed E-state index contributed by atoms with van der Waals surface area (Å²) in [7, 11) is 0. The third-order valence-electron chi connectivity index (χ3n) is 2.84. The molecule has 0 aliphatic heterocycles. The van der Waals surface area contributed by atoms with Crippen molar-refractivity contribution in [3.63, 3.8) is 0 Å². The summed E-state index contributed by atoms with van der Waals surface area (Å²) in [5.41, 5.74) is 0.311. The Morgan fingerprint density at radius 3 is 1.68 bits per heavy atom. The predicted octanol–water partition coefficient (Wildman–Crippen LogP) is 3.64. The van der Waals surface area contributed by atoms with Crippen LogP contribution in [0, 0.1) is 5.41 Å². The number of nitrogens with one attached hydrogen (secondary N) is 1. The van der Waals surface area contributed by atoms with Gasteiger partial charge in [-0.15, -0.1) is 0 Å². The van der Waals surface area contributed by atoms with Crippen LogP contribution in [0.15, 0.2) is 0 Å². The molecule has 0 radical (unpaired) electrons. The van der Waals surface area contributed by atoms with E-state index in [0.717, 1.165) is 65.4 Å². The van der Waals surface area contributed by atoms with Gasteiger partial charge in [0.15, 0.2) is 0 Å². The second-order valence-corrected chi connectivity index (χ2v) is 7.98. The molecule has 0 heterocycles. The monoisotopic (exact) mass is 317 g/mol. The van der Waals surface area contributed by atoms with Crippen LogP contribution >= 0.6 is 0 Å². The fraction of sp³-hybridized carbons (Fsp3) is 1.00. The fourth-order valence-corrected chi connectivity index (χ4v) is 1.77. The quantitative estimate of drug-likeness (QED) is 0.526. The Labute approximate surface area is 138 Å². The van der Waals surface area contributed by atoms with Crippen LogP contribution in [0.2, 0.25) is 0 Å². The third-order valence-corrected chi connectivity index (χ3v) is 2.84. The van der Waals surface area contributed by atoms with Crippen molar-refractivity contribution in [3.8, 4) is 0 Å². The standard InChI is InChI=1S/C18H39NO3/c1-17(2,3)16-19-10-7-11-20-12-8-13-21-14-9-15-22-18(4,5)6/h19H,7-16H2,1-6H3. The van der Waals surface area contributed by atoms with Crippen molar-refractivity contribution < 1.29 is 14.2 Å². The molecular weight excluding hydrogens is 278 g/mol. The van der Waals surface area contributed by atoms with Crippen molar-refractivity contribution in [1.29, 1.82) is 0 Å². The first-order valence-corrected chi connectivity index (χ1v) is 8.71. The van der Waals surface area contributed by atoms with E-state index in [9.17, 15) is 0 Å². The van der Waals surface area contributed by atoms with Gasteiger partial charge in [0.2, 0.25) is 0 Å². The van der Waals surface area contributed by atoms with Gasteiger partial charge in [-0.05, 0) is 58.5 Å². The summed E-state index contributed by atoms with van der Waals surface area (Å²) >= 11 is 0. The number of rotatable bonds is 13. The molecule has 0 saturated heterocycles. The highest BCUT2D eigenvalue weighted by Gasteiger charge is 2.09. The smallest absolute Gasteiger partial charge is 0.0598 e. The SMILES string of the molecule is CC(C)(C)CNCCCOCCCOCCCOC(C)(C)C. The van der Waals surface area contributed by atoms with E-state index in [1.165, 1.54) is 0 Å². The molecule has 0 atom stereocenters. The minimum absolute atomic E-state index is 0.0461. The summed E-state index contributed by atoms with van der Waals surface area (Å²) in [4.78, 5) is 0. The van der Waals surface area contributed by atoms with Gasteiger partial charge < -0.3 is 19.5 Å². The Balaban J connectivity index is 3.09. The van der Waals surface area contributed by atoms with Gasteiger partial charge >= 0.3 is 0 Å². The van der Waals surface area contributed by atoms with Crippen molar-refractivity contribution in [3.05, 3.63) is 0 Å². The van der Waals surface area contributed by atoms with Gasteiger partial charge in [0.05, 0.1) is 5.60 Å². The Morgan fingerprint density at radius 2 is 1.18 bits per heavy atom. The summed E-state index contributed by atoms with van der Waals surface area (Å²) in [6, 6.07) is 0. The van der Waals surface area contributed by atoms with E-state index in [2.05, 4.69) is 46.9 Å². The van der Waals surface area contributed by atoms with Crippen LogP contribution in [-0.2, 0) is 14.2 Å². The first kappa shape index (κ1) is 21.8.